The maximum absolute atomic E-state index is 5.48. The second-order valence-corrected chi connectivity index (χ2v) is 5.67. The van der Waals surface area contributed by atoms with Gasteiger partial charge in [-0.05, 0) is 19.3 Å². The molecule has 1 aliphatic rings. The number of anilines is 1. The smallest absolute Gasteiger partial charge is 0.147 e. The van der Waals surface area contributed by atoms with E-state index >= 15 is 0 Å². The molecule has 0 amide bonds. The van der Waals surface area contributed by atoms with Crippen molar-refractivity contribution in [2.75, 3.05) is 5.43 Å². The topological polar surface area (TPSA) is 63.8 Å². The Balaban J connectivity index is 2.13. The predicted molar refractivity (Wildman–Crippen MR) is 72.0 cm³/mol. The number of hydrogen-bond donors (Lipinski definition) is 2. The molecule has 0 saturated heterocycles. The summed E-state index contributed by atoms with van der Waals surface area (Å²) < 4.78 is 0. The normalized spacial score (nSPS) is 17.1. The van der Waals surface area contributed by atoms with Crippen LogP contribution in [-0.2, 0) is 6.42 Å². The highest BCUT2D eigenvalue weighted by molar-refractivity contribution is 7.99. The molecule has 1 heterocycles. The highest BCUT2D eigenvalue weighted by atomic mass is 32.2. The lowest BCUT2D eigenvalue weighted by Gasteiger charge is -2.21. The molecule has 1 aliphatic carbocycles. The largest absolute Gasteiger partial charge is 0.308 e. The van der Waals surface area contributed by atoms with E-state index in [2.05, 4.69) is 22.3 Å². The zero-order chi connectivity index (χ0) is 12.1. The van der Waals surface area contributed by atoms with Crippen molar-refractivity contribution in [2.24, 2.45) is 5.84 Å². The first-order chi connectivity index (χ1) is 8.35. The molecule has 0 radical (unpaired) electrons. The summed E-state index contributed by atoms with van der Waals surface area (Å²) in [5, 5.41) is 1.82. The van der Waals surface area contributed by atoms with Crippen molar-refractivity contribution in [2.45, 2.75) is 55.7 Å². The number of nitrogens with one attached hydrogen (secondary N) is 1. The van der Waals surface area contributed by atoms with E-state index in [1.165, 1.54) is 32.1 Å². The Hall–Kier alpha value is -0.810. The molecule has 1 aromatic rings. The van der Waals surface area contributed by atoms with Crippen LogP contribution < -0.4 is 11.3 Å². The zero-order valence-corrected chi connectivity index (χ0v) is 11.1. The minimum absolute atomic E-state index is 0.717. The number of hydrogen-bond acceptors (Lipinski definition) is 5. The van der Waals surface area contributed by atoms with Gasteiger partial charge in [0.25, 0.3) is 0 Å². The van der Waals surface area contributed by atoms with Gasteiger partial charge in [0.05, 0.1) is 0 Å². The Bertz CT molecular complexity index is 364. The van der Waals surface area contributed by atoms with Gasteiger partial charge < -0.3 is 5.43 Å². The van der Waals surface area contributed by atoms with E-state index in [0.717, 1.165) is 28.1 Å². The lowest BCUT2D eigenvalue weighted by atomic mass is 10.0. The second kappa shape index (κ2) is 6.21. The Kier molecular flexibility index (Phi) is 4.62. The van der Waals surface area contributed by atoms with Crippen LogP contribution >= 0.6 is 11.8 Å². The highest BCUT2D eigenvalue weighted by Gasteiger charge is 2.18. The van der Waals surface area contributed by atoms with Crippen LogP contribution in [0.1, 0.15) is 44.6 Å². The second-order valence-electron chi connectivity index (χ2n) is 4.38. The van der Waals surface area contributed by atoms with E-state index in [1.807, 2.05) is 11.8 Å². The minimum Gasteiger partial charge on any atom is -0.308 e. The van der Waals surface area contributed by atoms with Gasteiger partial charge in [0.2, 0.25) is 0 Å². The van der Waals surface area contributed by atoms with Crippen molar-refractivity contribution in [3.63, 3.8) is 0 Å². The Morgan fingerprint density at radius 3 is 2.76 bits per heavy atom. The third-order valence-electron chi connectivity index (χ3n) is 3.23. The number of hydrazine groups is 1. The van der Waals surface area contributed by atoms with Crippen molar-refractivity contribution in [3.05, 3.63) is 11.9 Å². The van der Waals surface area contributed by atoms with Gasteiger partial charge in [0, 0.05) is 10.8 Å². The molecule has 0 spiro atoms. The van der Waals surface area contributed by atoms with E-state index in [1.54, 1.807) is 6.33 Å². The molecule has 4 nitrogen and oxygen atoms in total. The van der Waals surface area contributed by atoms with Gasteiger partial charge in [0.1, 0.15) is 17.2 Å². The maximum Gasteiger partial charge on any atom is 0.147 e. The van der Waals surface area contributed by atoms with Gasteiger partial charge in [-0.3, -0.25) is 0 Å². The number of thioether (sulfide) groups is 1. The van der Waals surface area contributed by atoms with Crippen LogP contribution in [0, 0.1) is 0 Å². The van der Waals surface area contributed by atoms with Gasteiger partial charge in [0.15, 0.2) is 0 Å². The molecule has 0 aromatic carbocycles. The van der Waals surface area contributed by atoms with E-state index in [-0.39, 0.29) is 0 Å². The van der Waals surface area contributed by atoms with Gasteiger partial charge in [-0.1, -0.05) is 26.2 Å². The lowest BCUT2D eigenvalue weighted by Crippen LogP contribution is -2.13. The SMILES string of the molecule is CCc1c(NN)ncnc1SC1CCCCC1. The van der Waals surface area contributed by atoms with Crippen LogP contribution in [0.15, 0.2) is 11.4 Å². The summed E-state index contributed by atoms with van der Waals surface area (Å²) in [6, 6.07) is 0. The zero-order valence-electron chi connectivity index (χ0n) is 10.3. The van der Waals surface area contributed by atoms with Crippen molar-refractivity contribution >= 4 is 17.6 Å². The van der Waals surface area contributed by atoms with E-state index < -0.39 is 0 Å². The molecule has 94 valence electrons. The lowest BCUT2D eigenvalue weighted by molar-refractivity contribution is 0.515. The fourth-order valence-corrected chi connectivity index (χ4v) is 3.66. The molecule has 1 fully saturated rings. The molecule has 0 unspecified atom stereocenters. The molecule has 1 saturated carbocycles. The first kappa shape index (κ1) is 12.6. The van der Waals surface area contributed by atoms with Crippen molar-refractivity contribution in [1.82, 2.24) is 9.97 Å². The fraction of sp³-hybridized carbons (Fsp3) is 0.667. The van der Waals surface area contributed by atoms with E-state index in [4.69, 9.17) is 5.84 Å². The first-order valence-electron chi connectivity index (χ1n) is 6.32. The van der Waals surface area contributed by atoms with Gasteiger partial charge >= 0.3 is 0 Å². The summed E-state index contributed by atoms with van der Waals surface area (Å²) in [7, 11) is 0. The molecule has 0 bridgehead atoms. The average molecular weight is 252 g/mol. The number of aromatic nitrogens is 2. The molecule has 5 heteroatoms. The van der Waals surface area contributed by atoms with Gasteiger partial charge in [-0.25, -0.2) is 15.8 Å². The molecule has 3 N–H and O–H groups in total. The van der Waals surface area contributed by atoms with Crippen LogP contribution in [0.4, 0.5) is 5.82 Å². The molecule has 17 heavy (non-hydrogen) atoms. The standard InChI is InChI=1S/C12H20N4S/c1-2-10-11(16-13)14-8-15-12(10)17-9-6-4-3-5-7-9/h8-9H,2-7,13H2,1H3,(H,14,15,16). The van der Waals surface area contributed by atoms with E-state index in [9.17, 15) is 0 Å². The molecule has 1 aromatic heterocycles. The van der Waals surface area contributed by atoms with E-state index in [0.29, 0.717) is 0 Å². The summed E-state index contributed by atoms with van der Waals surface area (Å²) in [5.74, 6) is 6.24. The van der Waals surface area contributed by atoms with Crippen LogP contribution in [0.2, 0.25) is 0 Å². The summed E-state index contributed by atoms with van der Waals surface area (Å²) in [6.07, 6.45) is 9.22. The van der Waals surface area contributed by atoms with Crippen molar-refractivity contribution in [1.29, 1.82) is 0 Å². The third-order valence-corrected chi connectivity index (χ3v) is 4.61. The quantitative estimate of drug-likeness (QED) is 0.490. The van der Waals surface area contributed by atoms with Crippen molar-refractivity contribution in [3.8, 4) is 0 Å². The highest BCUT2D eigenvalue weighted by Crippen LogP contribution is 2.35. The Labute approximate surface area is 107 Å². The monoisotopic (exact) mass is 252 g/mol. The summed E-state index contributed by atoms with van der Waals surface area (Å²) in [6.45, 7) is 2.12. The minimum atomic E-state index is 0.717. The van der Waals surface area contributed by atoms with Crippen LogP contribution in [0.3, 0.4) is 0 Å². The number of rotatable bonds is 4. The van der Waals surface area contributed by atoms with Crippen molar-refractivity contribution < 1.29 is 0 Å². The van der Waals surface area contributed by atoms with Gasteiger partial charge in [-0.15, -0.1) is 11.8 Å². The predicted octanol–water partition coefficient (Wildman–Crippen LogP) is 2.75. The Morgan fingerprint density at radius 2 is 2.12 bits per heavy atom. The molecule has 2 rings (SSSR count). The average Bonchev–Trinajstić information content (AvgIpc) is 2.39. The Morgan fingerprint density at radius 1 is 1.35 bits per heavy atom. The van der Waals surface area contributed by atoms with Crippen LogP contribution in [-0.4, -0.2) is 15.2 Å². The number of nitrogen functional groups attached to an aromatic ring is 1. The summed E-state index contributed by atoms with van der Waals surface area (Å²) >= 11 is 1.90. The summed E-state index contributed by atoms with van der Waals surface area (Å²) in [4.78, 5) is 8.57. The number of nitrogens with two attached hydrogens (primary N) is 1. The molecule has 0 aliphatic heterocycles. The number of nitrogens with zero attached hydrogens (tertiary/aromatic N) is 2. The first-order valence-corrected chi connectivity index (χ1v) is 7.20. The fourth-order valence-electron chi connectivity index (χ4n) is 2.28. The maximum atomic E-state index is 5.48. The molecule has 0 atom stereocenters. The molecular weight excluding hydrogens is 232 g/mol. The van der Waals surface area contributed by atoms with Crippen LogP contribution in [0.5, 0.6) is 0 Å². The summed E-state index contributed by atoms with van der Waals surface area (Å²) in [5.41, 5.74) is 3.80. The van der Waals surface area contributed by atoms with Crippen LogP contribution in [0.25, 0.3) is 0 Å². The van der Waals surface area contributed by atoms with Gasteiger partial charge in [-0.2, -0.15) is 0 Å². The molecular formula is C12H20N4S. The third kappa shape index (κ3) is 3.10.